The zero-order valence-electron chi connectivity index (χ0n) is 10.8. The quantitative estimate of drug-likeness (QED) is 0.726. The van der Waals surface area contributed by atoms with Crippen LogP contribution in [-0.2, 0) is 9.53 Å². The van der Waals surface area contributed by atoms with Crippen molar-refractivity contribution in [1.29, 1.82) is 0 Å². The molecule has 0 saturated carbocycles. The van der Waals surface area contributed by atoms with Crippen molar-refractivity contribution < 1.29 is 19.4 Å². The summed E-state index contributed by atoms with van der Waals surface area (Å²) in [6.45, 7) is 3.86. The van der Waals surface area contributed by atoms with Gasteiger partial charge in [-0.2, -0.15) is 0 Å². The van der Waals surface area contributed by atoms with Crippen molar-refractivity contribution in [3.63, 3.8) is 0 Å². The highest BCUT2D eigenvalue weighted by atomic mass is 16.5. The molecule has 0 amide bonds. The molecule has 19 heavy (non-hydrogen) atoms. The molecule has 4 heteroatoms. The molecule has 2 aliphatic rings. The Morgan fingerprint density at radius 2 is 1.95 bits per heavy atom. The monoisotopic (exact) mass is 258 g/mol. The highest BCUT2D eigenvalue weighted by molar-refractivity contribution is 6.52. The van der Waals surface area contributed by atoms with Crippen LogP contribution < -0.4 is 0 Å². The fraction of sp³-hybridized carbons (Fsp3) is 0.333. The summed E-state index contributed by atoms with van der Waals surface area (Å²) in [7, 11) is 0. The van der Waals surface area contributed by atoms with Crippen LogP contribution in [0.3, 0.4) is 0 Å². The highest BCUT2D eigenvalue weighted by Gasteiger charge is 2.40. The third-order valence-corrected chi connectivity index (χ3v) is 3.62. The van der Waals surface area contributed by atoms with Crippen molar-refractivity contribution in [1.82, 2.24) is 0 Å². The Labute approximate surface area is 110 Å². The molecule has 1 aliphatic carbocycles. The third kappa shape index (κ3) is 1.67. The summed E-state index contributed by atoms with van der Waals surface area (Å²) < 4.78 is 5.85. The van der Waals surface area contributed by atoms with Gasteiger partial charge in [0, 0.05) is 11.1 Å². The molecule has 3 rings (SSSR count). The lowest BCUT2D eigenvalue weighted by molar-refractivity contribution is -0.112. The van der Waals surface area contributed by atoms with Crippen molar-refractivity contribution in [2.45, 2.75) is 32.3 Å². The van der Waals surface area contributed by atoms with Gasteiger partial charge in [0.25, 0.3) is 0 Å². The van der Waals surface area contributed by atoms with E-state index in [9.17, 15) is 14.7 Å². The lowest BCUT2D eigenvalue weighted by atomic mass is 9.82. The van der Waals surface area contributed by atoms with Crippen LogP contribution in [0.1, 0.15) is 42.6 Å². The minimum Gasteiger partial charge on any atom is -0.507 e. The summed E-state index contributed by atoms with van der Waals surface area (Å²) in [5.74, 6) is -0.728. The first-order chi connectivity index (χ1) is 8.91. The van der Waals surface area contributed by atoms with Crippen LogP contribution in [-0.4, -0.2) is 22.3 Å². The van der Waals surface area contributed by atoms with Gasteiger partial charge in [0.15, 0.2) is 0 Å². The van der Waals surface area contributed by atoms with E-state index >= 15 is 0 Å². The van der Waals surface area contributed by atoms with Gasteiger partial charge in [-0.3, -0.25) is 9.59 Å². The first-order valence-corrected chi connectivity index (χ1v) is 6.24. The summed E-state index contributed by atoms with van der Waals surface area (Å²) in [5.41, 5.74) is 0.564. The van der Waals surface area contributed by atoms with Crippen LogP contribution >= 0.6 is 0 Å². The summed E-state index contributed by atoms with van der Waals surface area (Å²) in [5, 5.41) is 9.99. The molecule has 1 heterocycles. The average molecular weight is 258 g/mol. The number of hydrogen-bond donors (Lipinski definition) is 1. The number of carbonyl (C=O) groups excluding carboxylic acids is 2. The molecule has 4 nitrogen and oxygen atoms in total. The maximum absolute atomic E-state index is 12.1. The number of phenolic OH excluding ortho intramolecular Hbond substituents is 1. The minimum atomic E-state index is -0.562. The van der Waals surface area contributed by atoms with Gasteiger partial charge in [-0.25, -0.2) is 0 Å². The first kappa shape index (κ1) is 12.0. The molecule has 1 aliphatic heterocycles. The van der Waals surface area contributed by atoms with E-state index in [1.807, 2.05) is 13.8 Å². The zero-order chi connectivity index (χ0) is 13.8. The van der Waals surface area contributed by atoms with Gasteiger partial charge in [-0.05, 0) is 38.8 Å². The fourth-order valence-corrected chi connectivity index (χ4v) is 2.57. The second-order valence-corrected chi connectivity index (χ2v) is 5.53. The number of hydrogen-bond acceptors (Lipinski definition) is 4. The zero-order valence-corrected chi connectivity index (χ0v) is 10.8. The third-order valence-electron chi connectivity index (χ3n) is 3.62. The number of phenols is 1. The topological polar surface area (TPSA) is 63.6 Å². The molecule has 1 aromatic carbocycles. The van der Waals surface area contributed by atoms with Crippen molar-refractivity contribution in [3.05, 3.63) is 34.9 Å². The normalized spacial score (nSPS) is 20.7. The van der Waals surface area contributed by atoms with Crippen LogP contribution in [0.25, 0.3) is 5.76 Å². The van der Waals surface area contributed by atoms with E-state index in [1.165, 1.54) is 6.07 Å². The van der Waals surface area contributed by atoms with Crippen LogP contribution in [0, 0.1) is 0 Å². The molecular formula is C15H14O4. The van der Waals surface area contributed by atoms with Gasteiger partial charge in [0.05, 0.1) is 5.56 Å². The smallest absolute Gasteiger partial charge is 0.234 e. The van der Waals surface area contributed by atoms with E-state index < -0.39 is 17.2 Å². The first-order valence-electron chi connectivity index (χ1n) is 6.24. The number of Topliss-reactive ketones (excluding diaryl/α,β-unsaturated/α-hetero) is 2. The maximum Gasteiger partial charge on any atom is 0.234 e. The second-order valence-electron chi connectivity index (χ2n) is 5.53. The Hall–Kier alpha value is -2.10. The minimum absolute atomic E-state index is 0.0245. The number of carbonyl (C=O) groups is 2. The van der Waals surface area contributed by atoms with E-state index in [4.69, 9.17) is 4.74 Å². The van der Waals surface area contributed by atoms with E-state index in [-0.39, 0.29) is 11.3 Å². The number of benzene rings is 1. The molecule has 0 fully saturated rings. The number of fused-ring (bicyclic) bond motifs is 2. The molecule has 1 N–H and O–H groups in total. The Bertz CT molecular complexity index is 638. The summed E-state index contributed by atoms with van der Waals surface area (Å²) >= 11 is 0. The Kier molecular flexibility index (Phi) is 2.33. The molecule has 0 spiro atoms. The highest BCUT2D eigenvalue weighted by Crippen LogP contribution is 2.43. The number of rotatable bonds is 0. The van der Waals surface area contributed by atoms with E-state index in [1.54, 1.807) is 12.1 Å². The summed E-state index contributed by atoms with van der Waals surface area (Å²) in [6.07, 6.45) is 1.18. The maximum atomic E-state index is 12.1. The molecule has 0 aromatic heterocycles. The molecule has 0 unspecified atom stereocenters. The van der Waals surface area contributed by atoms with E-state index in [0.717, 1.165) is 0 Å². The largest absolute Gasteiger partial charge is 0.507 e. The average Bonchev–Trinajstić information content (AvgIpc) is 2.34. The van der Waals surface area contributed by atoms with Gasteiger partial charge in [-0.1, -0.05) is 6.07 Å². The van der Waals surface area contributed by atoms with Gasteiger partial charge in [0.1, 0.15) is 17.1 Å². The van der Waals surface area contributed by atoms with Crippen molar-refractivity contribution >= 4 is 17.3 Å². The van der Waals surface area contributed by atoms with Gasteiger partial charge >= 0.3 is 0 Å². The number of allylic oxidation sites excluding steroid dienone is 1. The van der Waals surface area contributed by atoms with Gasteiger partial charge in [0.2, 0.25) is 11.6 Å². The lowest BCUT2D eigenvalue weighted by Gasteiger charge is -2.36. The van der Waals surface area contributed by atoms with Crippen molar-refractivity contribution in [2.24, 2.45) is 0 Å². The molecule has 1 aromatic rings. The van der Waals surface area contributed by atoms with Crippen LogP contribution in [0.4, 0.5) is 0 Å². The number of ether oxygens (including phenoxy) is 1. The van der Waals surface area contributed by atoms with Crippen LogP contribution in [0.5, 0.6) is 5.75 Å². The molecule has 0 saturated heterocycles. The summed E-state index contributed by atoms with van der Waals surface area (Å²) in [4.78, 5) is 24.1. The standard InChI is InChI=1S/C15H14O4/c1-15(2)7-6-9-13(18)12(17)8-4-3-5-10(16)11(8)14(9)19-15/h3-5,16H,6-7H2,1-2H3. The summed E-state index contributed by atoms with van der Waals surface area (Å²) in [6, 6.07) is 4.60. The predicted octanol–water partition coefficient (Wildman–Crippen LogP) is 2.46. The van der Waals surface area contributed by atoms with Gasteiger partial charge in [-0.15, -0.1) is 0 Å². The SMILES string of the molecule is CC1(C)CCC2=C(O1)c1c(O)cccc1C(=O)C2=O. The molecule has 0 bridgehead atoms. The number of aromatic hydroxyl groups is 1. The lowest BCUT2D eigenvalue weighted by Crippen LogP contribution is -2.34. The Balaban J connectivity index is 2.28. The van der Waals surface area contributed by atoms with Crippen molar-refractivity contribution in [3.8, 4) is 5.75 Å². The van der Waals surface area contributed by atoms with Crippen LogP contribution in [0.15, 0.2) is 23.8 Å². The van der Waals surface area contributed by atoms with E-state index in [2.05, 4.69) is 0 Å². The van der Waals surface area contributed by atoms with Crippen LogP contribution in [0.2, 0.25) is 0 Å². The van der Waals surface area contributed by atoms with Gasteiger partial charge < -0.3 is 9.84 Å². The predicted molar refractivity (Wildman–Crippen MR) is 68.8 cm³/mol. The Morgan fingerprint density at radius 3 is 2.68 bits per heavy atom. The number of ketones is 2. The molecule has 98 valence electrons. The fourth-order valence-electron chi connectivity index (χ4n) is 2.57. The molecule has 0 radical (unpaired) electrons. The Morgan fingerprint density at radius 1 is 1.21 bits per heavy atom. The molecule has 0 atom stereocenters. The van der Waals surface area contributed by atoms with Crippen molar-refractivity contribution in [2.75, 3.05) is 0 Å². The second kappa shape index (κ2) is 3.70. The van der Waals surface area contributed by atoms with E-state index in [0.29, 0.717) is 29.7 Å². The molecular weight excluding hydrogens is 244 g/mol.